The number of fused-ring (bicyclic) bond motifs is 1. The molecule has 0 aliphatic carbocycles. The Bertz CT molecular complexity index is 563. The van der Waals surface area contributed by atoms with Crippen LogP contribution in [0.3, 0.4) is 0 Å². The molecule has 2 N–H and O–H groups in total. The van der Waals surface area contributed by atoms with Crippen LogP contribution in [-0.4, -0.2) is 58.5 Å². The molecule has 139 valence electrons. The van der Waals surface area contributed by atoms with Gasteiger partial charge < -0.3 is 15.5 Å². The van der Waals surface area contributed by atoms with Crippen LogP contribution in [0.2, 0.25) is 0 Å². The lowest BCUT2D eigenvalue weighted by Gasteiger charge is -2.25. The van der Waals surface area contributed by atoms with Gasteiger partial charge >= 0.3 is 0 Å². The Labute approximate surface area is 148 Å². The molecule has 2 rings (SSSR count). The second-order valence-corrected chi connectivity index (χ2v) is 7.28. The number of nitrogens with two attached hydrogens (primary N) is 1. The summed E-state index contributed by atoms with van der Waals surface area (Å²) in [5, 5.41) is 0. The third-order valence-electron chi connectivity index (χ3n) is 5.38. The number of likely N-dealkylation sites (tertiary alicyclic amines) is 2. The van der Waals surface area contributed by atoms with Crippen molar-refractivity contribution in [3.63, 3.8) is 0 Å². The summed E-state index contributed by atoms with van der Waals surface area (Å²) >= 11 is 0. The average Bonchev–Trinajstić information content (AvgIpc) is 3.13. The van der Waals surface area contributed by atoms with Gasteiger partial charge in [0, 0.05) is 18.9 Å². The Morgan fingerprint density at radius 2 is 1.96 bits per heavy atom. The van der Waals surface area contributed by atoms with E-state index in [1.165, 1.54) is 11.3 Å². The SMILES string of the molecule is CCC(C)CC(=O)N1CC(=O)C2C1CCN2C(=O)[CH]CC(C)C(N)=O. The summed E-state index contributed by atoms with van der Waals surface area (Å²) in [5.41, 5.74) is 5.20. The number of Topliss-reactive ketones (excluding diaryl/α,β-unsaturated/α-hetero) is 1. The fourth-order valence-electron chi connectivity index (χ4n) is 3.46. The lowest BCUT2D eigenvalue weighted by molar-refractivity contribution is -0.134. The van der Waals surface area contributed by atoms with Gasteiger partial charge in [0.1, 0.15) is 6.04 Å². The van der Waals surface area contributed by atoms with Gasteiger partial charge in [-0.15, -0.1) is 0 Å². The molecule has 4 atom stereocenters. The first kappa shape index (κ1) is 19.4. The van der Waals surface area contributed by atoms with Crippen molar-refractivity contribution in [3.05, 3.63) is 6.42 Å². The largest absolute Gasteiger partial charge is 0.369 e. The van der Waals surface area contributed by atoms with E-state index in [4.69, 9.17) is 5.73 Å². The Morgan fingerprint density at radius 3 is 2.56 bits per heavy atom. The highest BCUT2D eigenvalue weighted by molar-refractivity contribution is 5.99. The zero-order valence-corrected chi connectivity index (χ0v) is 15.2. The number of rotatable bonds is 7. The molecule has 1 radical (unpaired) electrons. The zero-order valence-electron chi connectivity index (χ0n) is 15.2. The minimum Gasteiger partial charge on any atom is -0.369 e. The molecule has 0 aromatic heterocycles. The third-order valence-corrected chi connectivity index (χ3v) is 5.38. The number of carbonyl (C=O) groups is 4. The fourth-order valence-corrected chi connectivity index (χ4v) is 3.46. The van der Waals surface area contributed by atoms with E-state index < -0.39 is 17.9 Å². The first-order valence-electron chi connectivity index (χ1n) is 9.01. The molecule has 25 heavy (non-hydrogen) atoms. The molecular weight excluding hydrogens is 322 g/mol. The summed E-state index contributed by atoms with van der Waals surface area (Å²) in [4.78, 5) is 51.6. The molecule has 2 fully saturated rings. The minimum atomic E-state index is -0.548. The first-order chi connectivity index (χ1) is 11.8. The van der Waals surface area contributed by atoms with Crippen LogP contribution in [0.15, 0.2) is 0 Å². The predicted octanol–water partition coefficient (Wildman–Crippen LogP) is 0.519. The van der Waals surface area contributed by atoms with E-state index in [2.05, 4.69) is 0 Å². The van der Waals surface area contributed by atoms with Crippen LogP contribution in [0, 0.1) is 18.3 Å². The smallest absolute Gasteiger partial charge is 0.227 e. The van der Waals surface area contributed by atoms with Crippen LogP contribution in [0.5, 0.6) is 0 Å². The molecule has 2 saturated heterocycles. The highest BCUT2D eigenvalue weighted by atomic mass is 16.2. The molecule has 0 bridgehead atoms. The number of amides is 3. The van der Waals surface area contributed by atoms with Crippen molar-refractivity contribution in [2.75, 3.05) is 13.1 Å². The molecule has 0 saturated carbocycles. The number of hydrogen-bond acceptors (Lipinski definition) is 4. The normalized spacial score (nSPS) is 25.0. The number of ketones is 1. The van der Waals surface area contributed by atoms with Crippen molar-refractivity contribution in [2.45, 2.75) is 58.5 Å². The fraction of sp³-hybridized carbons (Fsp3) is 0.722. The molecule has 2 aliphatic rings. The van der Waals surface area contributed by atoms with E-state index in [-0.39, 0.29) is 42.5 Å². The van der Waals surface area contributed by atoms with Crippen molar-refractivity contribution in [1.29, 1.82) is 0 Å². The Balaban J connectivity index is 1.98. The molecule has 7 nitrogen and oxygen atoms in total. The van der Waals surface area contributed by atoms with Crippen LogP contribution < -0.4 is 5.73 Å². The minimum absolute atomic E-state index is 0.00386. The first-order valence-corrected chi connectivity index (χ1v) is 9.01. The maximum Gasteiger partial charge on any atom is 0.227 e. The average molecular weight is 350 g/mol. The van der Waals surface area contributed by atoms with Crippen LogP contribution in [-0.2, 0) is 19.2 Å². The zero-order chi connectivity index (χ0) is 18.7. The van der Waals surface area contributed by atoms with Crippen LogP contribution in [0.1, 0.15) is 46.5 Å². The molecule has 0 aromatic rings. The molecule has 7 heteroatoms. The van der Waals surface area contributed by atoms with Gasteiger partial charge in [0.25, 0.3) is 0 Å². The van der Waals surface area contributed by atoms with Gasteiger partial charge in [-0.3, -0.25) is 19.2 Å². The van der Waals surface area contributed by atoms with E-state index in [0.29, 0.717) is 19.4 Å². The summed E-state index contributed by atoms with van der Waals surface area (Å²) in [7, 11) is 0. The maximum absolute atomic E-state index is 12.5. The lowest BCUT2D eigenvalue weighted by Crippen LogP contribution is -2.44. The van der Waals surface area contributed by atoms with E-state index >= 15 is 0 Å². The summed E-state index contributed by atoms with van der Waals surface area (Å²) < 4.78 is 0. The van der Waals surface area contributed by atoms with E-state index in [0.717, 1.165) is 6.42 Å². The number of primary amides is 1. The van der Waals surface area contributed by atoms with Gasteiger partial charge in [-0.05, 0) is 18.8 Å². The Hall–Kier alpha value is -1.92. The Kier molecular flexibility index (Phi) is 6.19. The van der Waals surface area contributed by atoms with E-state index in [9.17, 15) is 19.2 Å². The molecule has 2 aliphatic heterocycles. The van der Waals surface area contributed by atoms with Crippen molar-refractivity contribution in [2.24, 2.45) is 17.6 Å². The monoisotopic (exact) mass is 350 g/mol. The second-order valence-electron chi connectivity index (χ2n) is 7.28. The number of carbonyl (C=O) groups excluding carboxylic acids is 4. The predicted molar refractivity (Wildman–Crippen MR) is 92.0 cm³/mol. The number of hydrogen-bond donors (Lipinski definition) is 1. The summed E-state index contributed by atoms with van der Waals surface area (Å²) in [5.74, 6) is -0.938. The van der Waals surface area contributed by atoms with Crippen LogP contribution in [0.25, 0.3) is 0 Å². The summed E-state index contributed by atoms with van der Waals surface area (Å²) in [6, 6.07) is -0.761. The highest BCUT2D eigenvalue weighted by Crippen LogP contribution is 2.31. The van der Waals surface area contributed by atoms with Gasteiger partial charge in [-0.1, -0.05) is 27.2 Å². The standard InChI is InChI=1S/C18H28N3O4/c1-4-11(2)9-16(24)21-10-14(22)17-13(21)7-8-20(17)15(23)6-5-12(3)18(19)25/h6,11-13,17H,4-5,7-10H2,1-3H3,(H2,19,25). The third kappa shape index (κ3) is 4.19. The molecule has 0 aromatic carbocycles. The highest BCUT2D eigenvalue weighted by Gasteiger charge is 2.51. The van der Waals surface area contributed by atoms with Gasteiger partial charge in [-0.25, -0.2) is 0 Å². The van der Waals surface area contributed by atoms with Crippen LogP contribution in [0.4, 0.5) is 0 Å². The van der Waals surface area contributed by atoms with Gasteiger partial charge in [0.15, 0.2) is 5.78 Å². The topological polar surface area (TPSA) is 101 Å². The molecule has 2 heterocycles. The van der Waals surface area contributed by atoms with Crippen molar-refractivity contribution >= 4 is 23.5 Å². The maximum atomic E-state index is 12.5. The molecule has 3 amide bonds. The number of nitrogens with zero attached hydrogens (tertiary/aromatic N) is 2. The van der Waals surface area contributed by atoms with Crippen molar-refractivity contribution in [3.8, 4) is 0 Å². The summed E-state index contributed by atoms with van der Waals surface area (Å²) in [6.45, 7) is 6.26. The summed E-state index contributed by atoms with van der Waals surface area (Å²) in [6.07, 6.45) is 3.65. The van der Waals surface area contributed by atoms with Gasteiger partial charge in [0.05, 0.1) is 19.0 Å². The quantitative estimate of drug-likeness (QED) is 0.723. The second kappa shape index (κ2) is 7.97. The van der Waals surface area contributed by atoms with E-state index in [1.807, 2.05) is 13.8 Å². The van der Waals surface area contributed by atoms with Gasteiger partial charge in [0.2, 0.25) is 17.7 Å². The Morgan fingerprint density at radius 1 is 1.28 bits per heavy atom. The van der Waals surface area contributed by atoms with Crippen molar-refractivity contribution < 1.29 is 19.2 Å². The van der Waals surface area contributed by atoms with E-state index in [1.54, 1.807) is 11.8 Å². The van der Waals surface area contributed by atoms with Gasteiger partial charge in [-0.2, -0.15) is 0 Å². The molecular formula is C18H28N3O4. The molecule has 4 unspecified atom stereocenters. The van der Waals surface area contributed by atoms with Crippen LogP contribution >= 0.6 is 0 Å². The molecule has 0 spiro atoms. The van der Waals surface area contributed by atoms with Crippen molar-refractivity contribution in [1.82, 2.24) is 9.80 Å². The lowest BCUT2D eigenvalue weighted by atomic mass is 10.0.